The number of imidazole rings is 1. The zero-order valence-corrected chi connectivity index (χ0v) is 16.4. The van der Waals surface area contributed by atoms with Gasteiger partial charge >= 0.3 is 0 Å². The number of hydrogen-bond donors (Lipinski definition) is 1. The summed E-state index contributed by atoms with van der Waals surface area (Å²) in [5, 5.41) is 2.91. The van der Waals surface area contributed by atoms with Crippen molar-refractivity contribution in [3.63, 3.8) is 0 Å². The molecule has 7 nitrogen and oxygen atoms in total. The molecule has 1 aliphatic heterocycles. The molecule has 0 bridgehead atoms. The lowest BCUT2D eigenvalue weighted by Gasteiger charge is -2.16. The molecule has 5 rings (SSSR count). The van der Waals surface area contributed by atoms with Crippen molar-refractivity contribution in [1.29, 1.82) is 0 Å². The monoisotopic (exact) mass is 390 g/mol. The van der Waals surface area contributed by atoms with E-state index < -0.39 is 6.04 Å². The molecule has 1 aliphatic carbocycles. The third-order valence-corrected chi connectivity index (χ3v) is 5.55. The quantitative estimate of drug-likeness (QED) is 0.724. The minimum atomic E-state index is -0.589. The van der Waals surface area contributed by atoms with Gasteiger partial charge in [-0.1, -0.05) is 18.2 Å². The highest BCUT2D eigenvalue weighted by Crippen LogP contribution is 2.42. The molecule has 29 heavy (non-hydrogen) atoms. The highest BCUT2D eigenvalue weighted by Gasteiger charge is 2.47. The molecule has 2 amide bonds. The van der Waals surface area contributed by atoms with Crippen LogP contribution in [-0.4, -0.2) is 34.5 Å². The fraction of sp³-hybridized carbons (Fsp3) is 0.318. The molecular formula is C22H22N4O3. The Morgan fingerprint density at radius 1 is 1.24 bits per heavy atom. The van der Waals surface area contributed by atoms with Crippen molar-refractivity contribution in [2.24, 2.45) is 0 Å². The second-order valence-electron chi connectivity index (χ2n) is 7.68. The molecule has 0 saturated heterocycles. The normalized spacial score (nSPS) is 18.2. The number of para-hydroxylation sites is 2. The van der Waals surface area contributed by atoms with Gasteiger partial charge in [0.2, 0.25) is 11.9 Å². The summed E-state index contributed by atoms with van der Waals surface area (Å²) in [5.41, 5.74) is 3.34. The van der Waals surface area contributed by atoms with Crippen LogP contribution in [0, 0.1) is 6.92 Å². The number of carbonyl (C=O) groups is 2. The largest absolute Gasteiger partial charge is 0.495 e. The van der Waals surface area contributed by atoms with Gasteiger partial charge in [-0.3, -0.25) is 19.1 Å². The molecule has 2 aromatic carbocycles. The molecule has 148 valence electrons. The van der Waals surface area contributed by atoms with Crippen LogP contribution >= 0.6 is 0 Å². The Kier molecular flexibility index (Phi) is 4.04. The molecule has 1 atom stereocenters. The van der Waals surface area contributed by atoms with Crippen molar-refractivity contribution >= 4 is 34.5 Å². The minimum Gasteiger partial charge on any atom is -0.495 e. The Labute approximate surface area is 168 Å². The lowest BCUT2D eigenvalue weighted by Crippen LogP contribution is -2.33. The molecule has 1 fully saturated rings. The van der Waals surface area contributed by atoms with E-state index in [-0.39, 0.29) is 24.3 Å². The number of aromatic nitrogens is 2. The van der Waals surface area contributed by atoms with Crippen LogP contribution in [0.2, 0.25) is 0 Å². The Morgan fingerprint density at radius 2 is 2.03 bits per heavy atom. The summed E-state index contributed by atoms with van der Waals surface area (Å²) >= 11 is 0. The summed E-state index contributed by atoms with van der Waals surface area (Å²) in [6.07, 6.45) is 2.01. The van der Waals surface area contributed by atoms with Crippen molar-refractivity contribution in [2.45, 2.75) is 38.3 Å². The molecule has 7 heteroatoms. The first kappa shape index (κ1) is 17.7. The molecule has 1 unspecified atom stereocenters. The van der Waals surface area contributed by atoms with Gasteiger partial charge in [-0.05, 0) is 49.6 Å². The number of nitrogens with one attached hydrogen (secondary N) is 1. The highest BCUT2D eigenvalue weighted by atomic mass is 16.5. The molecule has 1 N–H and O–H groups in total. The first-order valence-electron chi connectivity index (χ1n) is 9.81. The van der Waals surface area contributed by atoms with Gasteiger partial charge in [0.05, 0.1) is 30.3 Å². The maximum absolute atomic E-state index is 13.2. The number of hydrogen-bond acceptors (Lipinski definition) is 4. The molecule has 3 aromatic rings. The van der Waals surface area contributed by atoms with E-state index in [1.54, 1.807) is 12.0 Å². The predicted molar refractivity (Wildman–Crippen MR) is 110 cm³/mol. The predicted octanol–water partition coefficient (Wildman–Crippen LogP) is 3.43. The Morgan fingerprint density at radius 3 is 2.79 bits per heavy atom. The molecule has 1 saturated carbocycles. The maximum atomic E-state index is 13.2. The highest BCUT2D eigenvalue weighted by molar-refractivity contribution is 6.05. The lowest BCUT2D eigenvalue weighted by molar-refractivity contribution is -0.124. The number of nitrogens with zero attached hydrogens (tertiary/aromatic N) is 3. The van der Waals surface area contributed by atoms with Crippen molar-refractivity contribution < 1.29 is 14.3 Å². The second-order valence-corrected chi connectivity index (χ2v) is 7.68. The molecule has 2 heterocycles. The lowest BCUT2D eigenvalue weighted by atomic mass is 10.1. The number of ether oxygens (including phenoxy) is 1. The van der Waals surface area contributed by atoms with Gasteiger partial charge in [-0.15, -0.1) is 0 Å². The zero-order chi connectivity index (χ0) is 20.1. The molecule has 0 radical (unpaired) electrons. The fourth-order valence-corrected chi connectivity index (χ4v) is 4.03. The average Bonchev–Trinajstić information content (AvgIpc) is 3.41. The van der Waals surface area contributed by atoms with Crippen LogP contribution in [0.15, 0.2) is 42.5 Å². The van der Waals surface area contributed by atoms with Crippen molar-refractivity contribution in [1.82, 2.24) is 9.55 Å². The smallest absolute Gasteiger partial charge is 0.253 e. The van der Waals surface area contributed by atoms with Crippen LogP contribution in [0.3, 0.4) is 0 Å². The Bertz CT molecular complexity index is 1130. The van der Waals surface area contributed by atoms with Crippen LogP contribution in [0.4, 0.5) is 11.6 Å². The number of anilines is 2. The summed E-state index contributed by atoms with van der Waals surface area (Å²) in [7, 11) is 1.57. The number of benzene rings is 2. The van der Waals surface area contributed by atoms with Gasteiger partial charge in [0.25, 0.3) is 5.91 Å². The van der Waals surface area contributed by atoms with E-state index in [1.807, 2.05) is 54.0 Å². The summed E-state index contributed by atoms with van der Waals surface area (Å²) in [6, 6.07) is 13.0. The van der Waals surface area contributed by atoms with E-state index in [9.17, 15) is 9.59 Å². The number of methoxy groups -OCH3 is 1. The van der Waals surface area contributed by atoms with Gasteiger partial charge in [-0.2, -0.15) is 0 Å². The van der Waals surface area contributed by atoms with E-state index in [2.05, 4.69) is 10.3 Å². The minimum absolute atomic E-state index is 0.0481. The number of rotatable bonds is 5. The van der Waals surface area contributed by atoms with E-state index in [4.69, 9.17) is 4.74 Å². The zero-order valence-electron chi connectivity index (χ0n) is 16.4. The third-order valence-electron chi connectivity index (χ3n) is 5.55. The third kappa shape index (κ3) is 2.93. The molecular weight excluding hydrogens is 368 g/mol. The van der Waals surface area contributed by atoms with Gasteiger partial charge in [0.15, 0.2) is 0 Å². The SMILES string of the molecule is COc1ccc(C)cc1NC(=O)CC1C(=O)N(C2CC2)c2nc3ccccc3n21. The van der Waals surface area contributed by atoms with E-state index >= 15 is 0 Å². The van der Waals surface area contributed by atoms with Gasteiger partial charge in [0.1, 0.15) is 11.8 Å². The van der Waals surface area contributed by atoms with Gasteiger partial charge in [-0.25, -0.2) is 4.98 Å². The van der Waals surface area contributed by atoms with E-state index in [1.165, 1.54) is 0 Å². The van der Waals surface area contributed by atoms with Crippen LogP contribution in [0.5, 0.6) is 5.75 Å². The molecule has 2 aliphatic rings. The first-order valence-corrected chi connectivity index (χ1v) is 9.81. The maximum Gasteiger partial charge on any atom is 0.253 e. The average molecular weight is 390 g/mol. The fourth-order valence-electron chi connectivity index (χ4n) is 4.03. The standard InChI is InChI=1S/C22H22N4O3/c1-13-7-10-19(29-2)16(11-13)23-20(27)12-18-21(28)25(14-8-9-14)22-24-15-5-3-4-6-17(15)26(18)22/h3-7,10-11,14,18H,8-9,12H2,1-2H3,(H,23,27). The Hall–Kier alpha value is -3.35. The number of carbonyl (C=O) groups excluding carboxylic acids is 2. The first-order chi connectivity index (χ1) is 14.1. The van der Waals surface area contributed by atoms with Crippen molar-refractivity contribution in [2.75, 3.05) is 17.3 Å². The number of aryl methyl sites for hydroxylation is 1. The number of fused-ring (bicyclic) bond motifs is 3. The van der Waals surface area contributed by atoms with Crippen molar-refractivity contribution in [3.05, 3.63) is 48.0 Å². The van der Waals surface area contributed by atoms with Gasteiger partial charge < -0.3 is 10.1 Å². The topological polar surface area (TPSA) is 76.5 Å². The van der Waals surface area contributed by atoms with Crippen LogP contribution in [-0.2, 0) is 9.59 Å². The van der Waals surface area contributed by atoms with E-state index in [0.29, 0.717) is 17.4 Å². The van der Waals surface area contributed by atoms with Crippen LogP contribution < -0.4 is 15.0 Å². The summed E-state index contributed by atoms with van der Waals surface area (Å²) in [5.74, 6) is 0.973. The van der Waals surface area contributed by atoms with Crippen molar-refractivity contribution in [3.8, 4) is 5.75 Å². The second kappa shape index (κ2) is 6.62. The molecule has 0 spiro atoms. The molecule has 1 aromatic heterocycles. The number of amides is 2. The summed E-state index contributed by atoms with van der Waals surface area (Å²) in [6.45, 7) is 1.95. The van der Waals surface area contributed by atoms with Crippen LogP contribution in [0.1, 0.15) is 30.9 Å². The summed E-state index contributed by atoms with van der Waals surface area (Å²) < 4.78 is 7.27. The summed E-state index contributed by atoms with van der Waals surface area (Å²) in [4.78, 5) is 32.5. The van der Waals surface area contributed by atoms with Crippen LogP contribution in [0.25, 0.3) is 11.0 Å². The van der Waals surface area contributed by atoms with Gasteiger partial charge in [0, 0.05) is 6.04 Å². The van der Waals surface area contributed by atoms with E-state index in [0.717, 1.165) is 29.4 Å². The Balaban J connectivity index is 1.46.